The van der Waals surface area contributed by atoms with Crippen molar-refractivity contribution in [1.82, 2.24) is 30.0 Å². The molecule has 0 spiro atoms. The van der Waals surface area contributed by atoms with Crippen LogP contribution in [0.1, 0.15) is 69.3 Å². The van der Waals surface area contributed by atoms with Crippen molar-refractivity contribution in [2.45, 2.75) is 72.0 Å². The minimum absolute atomic E-state index is 0.680. The third-order valence-electron chi connectivity index (χ3n) is 11.7. The maximum absolute atomic E-state index is 11.2. The van der Waals surface area contributed by atoms with Crippen molar-refractivity contribution < 1.29 is 4.79 Å². The number of carbonyl (C=O) groups excluding carboxylic acids is 1. The molecule has 2 aliphatic heterocycles. The average Bonchev–Trinajstić information content (AvgIpc) is 3.29. The number of rotatable bonds is 11. The van der Waals surface area contributed by atoms with E-state index in [1.165, 1.54) is 81.5 Å². The van der Waals surface area contributed by atoms with E-state index in [1.807, 2.05) is 60.7 Å². The third kappa shape index (κ3) is 11.2. The molecule has 4 aromatic carbocycles. The number of hydrogen-bond donors (Lipinski definition) is 1. The normalized spacial score (nSPS) is 15.3. The van der Waals surface area contributed by atoms with Gasteiger partial charge in [-0.2, -0.15) is 0 Å². The molecule has 0 amide bonds. The Morgan fingerprint density at radius 2 is 1.05 bits per heavy atom. The molecule has 2 aliphatic rings. The van der Waals surface area contributed by atoms with E-state index in [0.717, 1.165) is 71.4 Å². The number of hydrogen-bond acceptors (Lipinski definition) is 7. The van der Waals surface area contributed by atoms with E-state index in [0.29, 0.717) is 5.56 Å². The van der Waals surface area contributed by atoms with Crippen LogP contribution in [-0.4, -0.2) is 95.4 Å². The first kappa shape index (κ1) is 41.8. The first-order chi connectivity index (χ1) is 28.0. The Bertz CT molecular complexity index is 2100. The van der Waals surface area contributed by atoms with Crippen molar-refractivity contribution in [3.8, 4) is 22.5 Å². The lowest BCUT2D eigenvalue weighted by atomic mass is 10.0. The van der Waals surface area contributed by atoms with E-state index in [1.54, 1.807) is 0 Å². The molecule has 6 aromatic rings. The van der Waals surface area contributed by atoms with E-state index in [2.05, 4.69) is 113 Å². The van der Waals surface area contributed by atoms with E-state index in [-0.39, 0.29) is 0 Å². The second-order valence-electron chi connectivity index (χ2n) is 15.1. The van der Waals surface area contributed by atoms with Crippen LogP contribution in [0.25, 0.3) is 44.3 Å². The fraction of sp³-hybridized carbons (Fsp3) is 0.380. The molecule has 7 nitrogen and oxygen atoms in total. The summed E-state index contributed by atoms with van der Waals surface area (Å²) in [7, 11) is 0. The molecule has 4 heterocycles. The molecule has 2 fully saturated rings. The Labute approximate surface area is 341 Å². The van der Waals surface area contributed by atoms with Gasteiger partial charge in [0.15, 0.2) is 6.29 Å². The van der Waals surface area contributed by atoms with Gasteiger partial charge in [-0.25, -0.2) is 9.97 Å². The number of nitrogens with zero attached hydrogens (tertiary/aromatic N) is 5. The van der Waals surface area contributed by atoms with Crippen molar-refractivity contribution in [2.75, 3.05) is 52.4 Å². The summed E-state index contributed by atoms with van der Waals surface area (Å²) in [4.78, 5) is 28.5. The third-order valence-corrected chi connectivity index (χ3v) is 11.7. The van der Waals surface area contributed by atoms with E-state index >= 15 is 0 Å². The molecule has 2 saturated heterocycles. The number of fused-ring (bicyclic) bond motifs is 2. The lowest BCUT2D eigenvalue weighted by molar-refractivity contribution is 0.112. The Morgan fingerprint density at radius 1 is 0.596 bits per heavy atom. The summed E-state index contributed by atoms with van der Waals surface area (Å²) in [6, 6.07) is 42.4. The summed E-state index contributed by atoms with van der Waals surface area (Å²) >= 11 is 0. The summed E-state index contributed by atoms with van der Waals surface area (Å²) < 4.78 is 0. The molecule has 7 heteroatoms. The number of nitrogens with one attached hydrogen (secondary N) is 1. The topological polar surface area (TPSA) is 64.6 Å². The zero-order valence-corrected chi connectivity index (χ0v) is 34.6. The largest absolute Gasteiger partial charge is 0.317 e. The van der Waals surface area contributed by atoms with Gasteiger partial charge in [-0.3, -0.25) is 9.69 Å². The number of para-hydroxylation sites is 2. The van der Waals surface area contributed by atoms with Crippen LogP contribution in [0.2, 0.25) is 0 Å². The SMILES string of the molecule is CCN(CC)C1CCN(Cc2cc(-c3ccccc3)nc3ccccc23)CC1.CCN(CC)C1CCNCC1.O=Cc1cc(-c2ccccc2)nc2ccccc12. The standard InChI is InChI=1S/C25H31N3.C16H11NO.C9H20N2/c1-3-28(4-2)22-14-16-27(17-15-22)19-21-18-25(20-10-6-5-7-11-20)26-24-13-9-8-12-23(21)24;18-11-13-10-16(12-6-2-1-3-7-12)17-15-9-5-4-8-14(13)15;1-3-11(4-2)9-5-7-10-8-6-9/h5-13,18,22H,3-4,14-17,19H2,1-2H3;1-11H;9-10H,3-8H2,1-2H3. The summed E-state index contributed by atoms with van der Waals surface area (Å²) in [6.07, 6.45) is 6.10. The molecule has 0 radical (unpaired) electrons. The highest BCUT2D eigenvalue weighted by Crippen LogP contribution is 2.28. The summed E-state index contributed by atoms with van der Waals surface area (Å²) in [5, 5.41) is 5.57. The zero-order valence-electron chi connectivity index (χ0n) is 34.6. The van der Waals surface area contributed by atoms with Crippen LogP contribution in [0.15, 0.2) is 121 Å². The predicted octanol–water partition coefficient (Wildman–Crippen LogP) is 10.0. The van der Waals surface area contributed by atoms with Crippen LogP contribution in [0.5, 0.6) is 0 Å². The monoisotopic (exact) mass is 762 g/mol. The molecule has 298 valence electrons. The van der Waals surface area contributed by atoms with Gasteiger partial charge >= 0.3 is 0 Å². The fourth-order valence-electron chi connectivity index (χ4n) is 8.53. The maximum Gasteiger partial charge on any atom is 0.150 e. The molecular formula is C50H62N6O. The number of pyridine rings is 2. The lowest BCUT2D eigenvalue weighted by Crippen LogP contribution is -2.44. The second kappa shape index (κ2) is 21.7. The van der Waals surface area contributed by atoms with Crippen LogP contribution in [0, 0.1) is 0 Å². The highest BCUT2D eigenvalue weighted by atomic mass is 16.1. The maximum atomic E-state index is 11.2. The minimum Gasteiger partial charge on any atom is -0.317 e. The molecule has 0 atom stereocenters. The number of piperidine rings is 2. The molecular weight excluding hydrogens is 701 g/mol. The van der Waals surface area contributed by atoms with Crippen LogP contribution in [-0.2, 0) is 6.54 Å². The van der Waals surface area contributed by atoms with Gasteiger partial charge in [0.05, 0.1) is 22.4 Å². The Kier molecular flexibility index (Phi) is 15.9. The Balaban J connectivity index is 0.000000161. The quantitative estimate of drug-likeness (QED) is 0.132. The van der Waals surface area contributed by atoms with Crippen LogP contribution in [0.4, 0.5) is 0 Å². The van der Waals surface area contributed by atoms with Crippen molar-refractivity contribution >= 4 is 28.1 Å². The first-order valence-electron chi connectivity index (χ1n) is 21.3. The Hall–Kier alpha value is -4.79. The van der Waals surface area contributed by atoms with Crippen LogP contribution in [0.3, 0.4) is 0 Å². The van der Waals surface area contributed by atoms with Gasteiger partial charge in [-0.05, 0) is 108 Å². The molecule has 0 bridgehead atoms. The van der Waals surface area contributed by atoms with Gasteiger partial charge in [0, 0.05) is 46.1 Å². The van der Waals surface area contributed by atoms with Crippen molar-refractivity contribution in [3.63, 3.8) is 0 Å². The van der Waals surface area contributed by atoms with Gasteiger partial charge < -0.3 is 15.1 Å². The van der Waals surface area contributed by atoms with Crippen LogP contribution < -0.4 is 5.32 Å². The van der Waals surface area contributed by atoms with E-state index < -0.39 is 0 Å². The molecule has 2 aromatic heterocycles. The summed E-state index contributed by atoms with van der Waals surface area (Å²) in [6.45, 7) is 19.6. The number of aldehydes is 1. The van der Waals surface area contributed by atoms with Crippen LogP contribution >= 0.6 is 0 Å². The zero-order chi connectivity index (χ0) is 39.8. The number of aromatic nitrogens is 2. The molecule has 0 unspecified atom stereocenters. The molecule has 57 heavy (non-hydrogen) atoms. The number of benzene rings is 4. The summed E-state index contributed by atoms with van der Waals surface area (Å²) in [5.41, 5.74) is 8.13. The fourth-order valence-corrected chi connectivity index (χ4v) is 8.53. The molecule has 1 N–H and O–H groups in total. The van der Waals surface area contributed by atoms with Gasteiger partial charge in [0.25, 0.3) is 0 Å². The number of likely N-dealkylation sites (tertiary alicyclic amines) is 1. The first-order valence-corrected chi connectivity index (χ1v) is 21.3. The molecule has 0 aliphatic carbocycles. The molecule has 8 rings (SSSR count). The second-order valence-corrected chi connectivity index (χ2v) is 15.1. The average molecular weight is 763 g/mol. The highest BCUT2D eigenvalue weighted by molar-refractivity contribution is 5.98. The summed E-state index contributed by atoms with van der Waals surface area (Å²) in [5.74, 6) is 0. The van der Waals surface area contributed by atoms with Gasteiger partial charge in [0.1, 0.15) is 0 Å². The van der Waals surface area contributed by atoms with Crippen molar-refractivity contribution in [1.29, 1.82) is 0 Å². The van der Waals surface area contributed by atoms with E-state index in [9.17, 15) is 4.79 Å². The highest BCUT2D eigenvalue weighted by Gasteiger charge is 2.23. The predicted molar refractivity (Wildman–Crippen MR) is 240 cm³/mol. The Morgan fingerprint density at radius 3 is 1.58 bits per heavy atom. The smallest absolute Gasteiger partial charge is 0.150 e. The van der Waals surface area contributed by atoms with Crippen molar-refractivity contribution in [2.24, 2.45) is 0 Å². The van der Waals surface area contributed by atoms with Gasteiger partial charge in [-0.15, -0.1) is 0 Å². The number of carbonyl (C=O) groups is 1. The molecule has 0 saturated carbocycles. The van der Waals surface area contributed by atoms with Gasteiger partial charge in [0.2, 0.25) is 0 Å². The van der Waals surface area contributed by atoms with Gasteiger partial charge in [-0.1, -0.05) is 125 Å². The van der Waals surface area contributed by atoms with E-state index in [4.69, 9.17) is 4.98 Å². The van der Waals surface area contributed by atoms with Crippen molar-refractivity contribution in [3.05, 3.63) is 132 Å². The lowest BCUT2D eigenvalue weighted by Gasteiger charge is -2.37. The minimum atomic E-state index is 0.680.